The summed E-state index contributed by atoms with van der Waals surface area (Å²) in [7, 11) is 0. The van der Waals surface area contributed by atoms with Crippen LogP contribution in [0.2, 0.25) is 0 Å². The number of nitrogens with two attached hydrogens (primary N) is 2. The second-order valence-corrected chi connectivity index (χ2v) is 16.2. The molecule has 7 rings (SSSR count). The number of fused-ring (bicyclic) bond motifs is 4. The van der Waals surface area contributed by atoms with Crippen LogP contribution in [0.3, 0.4) is 0 Å². The molecule has 4 aromatic heterocycles. The lowest BCUT2D eigenvalue weighted by molar-refractivity contribution is -0.0577. The summed E-state index contributed by atoms with van der Waals surface area (Å²) in [6.45, 7) is -9.04. The maximum absolute atomic E-state index is 16.6. The zero-order valence-corrected chi connectivity index (χ0v) is 26.4. The minimum Gasteiger partial charge on any atom is -0.382 e. The Morgan fingerprint density at radius 2 is 1.42 bits per heavy atom. The van der Waals surface area contributed by atoms with Gasteiger partial charge >= 0.3 is 13.6 Å². The smallest absolute Gasteiger partial charge is 0.382 e. The molecule has 0 saturated carbocycles. The van der Waals surface area contributed by atoms with Gasteiger partial charge < -0.3 is 20.9 Å². The standard InChI is InChI=1S/C21H24F2N10O8P2S2/c1-21(23)14-9(39-20(21)33-7-31-12-16(25)27-5-29-18(12)33)3-37-42(34,44)40-13-8(2-36-43(35,45)41-14)38-19(10(13)22)32-6-30-11-15(24)26-4-28-17(11)32/h4-10,13-14,19-20H,2-3H2,1H3,(H,34,44)(H,35,45)(H2,24,26,28)(H2,25,27,29)/t8-,9-,10-,13-,14-,19-,20-,21-,42-,43?/m1/s1. The van der Waals surface area contributed by atoms with Crippen molar-refractivity contribution in [1.82, 2.24) is 39.0 Å². The summed E-state index contributed by atoms with van der Waals surface area (Å²) in [5.41, 5.74) is 9.88. The maximum atomic E-state index is 16.6. The second-order valence-electron chi connectivity index (χ2n) is 10.5. The lowest BCUT2D eigenvalue weighted by Gasteiger charge is -2.31. The highest BCUT2D eigenvalue weighted by atomic mass is 32.7. The molecular formula is C21H24F2N10O8P2S2. The van der Waals surface area contributed by atoms with Crippen LogP contribution in [0.5, 0.6) is 0 Å². The van der Waals surface area contributed by atoms with E-state index in [9.17, 15) is 9.13 Å². The van der Waals surface area contributed by atoms with Gasteiger partial charge in [-0.1, -0.05) is 24.5 Å². The van der Waals surface area contributed by atoms with Crippen molar-refractivity contribution in [1.29, 1.82) is 0 Å². The third-order valence-corrected chi connectivity index (χ3v) is 10.8. The fourth-order valence-corrected chi connectivity index (χ4v) is 8.49. The molecule has 3 aliphatic heterocycles. The molecule has 3 saturated heterocycles. The topological polar surface area (TPSA) is 229 Å². The molecule has 18 nitrogen and oxygen atoms in total. The van der Waals surface area contributed by atoms with E-state index in [1.54, 1.807) is 0 Å². The Kier molecular flexibility index (Phi) is 7.63. The highest BCUT2D eigenvalue weighted by molar-refractivity contribution is 8.44. The lowest BCUT2D eigenvalue weighted by atomic mass is 9.98. The highest BCUT2D eigenvalue weighted by Crippen LogP contribution is 2.62. The first-order valence-electron chi connectivity index (χ1n) is 13.1. The average molecular weight is 709 g/mol. The molecule has 1 unspecified atom stereocenters. The number of rotatable bonds is 2. The van der Waals surface area contributed by atoms with Gasteiger partial charge in [-0.25, -0.2) is 47.8 Å². The molecule has 242 valence electrons. The quantitative estimate of drug-likeness (QED) is 0.173. The van der Waals surface area contributed by atoms with Crippen molar-refractivity contribution in [3.63, 3.8) is 0 Å². The number of halogens is 2. The maximum Gasteiger partial charge on any atom is 0.386 e. The van der Waals surface area contributed by atoms with Crippen LogP contribution >= 0.6 is 38.1 Å². The number of imidazole rings is 2. The van der Waals surface area contributed by atoms with Gasteiger partial charge in [0.05, 0.1) is 25.9 Å². The summed E-state index contributed by atoms with van der Waals surface area (Å²) in [6.07, 6.45) is -6.25. The van der Waals surface area contributed by atoms with E-state index in [1.807, 2.05) is 0 Å². The van der Waals surface area contributed by atoms with Crippen LogP contribution in [0, 0.1) is 0 Å². The van der Waals surface area contributed by atoms with Crippen LogP contribution in [0.4, 0.5) is 20.4 Å². The Hall–Kier alpha value is -2.52. The molecule has 0 spiro atoms. The molecule has 0 radical (unpaired) electrons. The van der Waals surface area contributed by atoms with Gasteiger partial charge in [0, 0.05) is 0 Å². The number of alkyl halides is 2. The molecule has 4 N–H and O–H groups in total. The number of thiol groups is 2. The van der Waals surface area contributed by atoms with Crippen LogP contribution in [0.15, 0.2) is 25.3 Å². The summed E-state index contributed by atoms with van der Waals surface area (Å²) in [4.78, 5) is 24.1. The normalized spacial score (nSPS) is 39.4. The average Bonchev–Trinajstić information content (AvgIpc) is 3.72. The van der Waals surface area contributed by atoms with Gasteiger partial charge in [-0.2, -0.15) is 0 Å². The van der Waals surface area contributed by atoms with Crippen LogP contribution in [0.25, 0.3) is 22.3 Å². The molecule has 7 heterocycles. The van der Waals surface area contributed by atoms with Gasteiger partial charge in [0.15, 0.2) is 47.2 Å². The van der Waals surface area contributed by atoms with Crippen molar-refractivity contribution >= 4 is 72.1 Å². The fraction of sp³-hybridized carbons (Fsp3) is 0.524. The predicted molar refractivity (Wildman–Crippen MR) is 157 cm³/mol. The van der Waals surface area contributed by atoms with E-state index < -0.39 is 75.5 Å². The van der Waals surface area contributed by atoms with Crippen molar-refractivity contribution < 1.29 is 45.5 Å². The predicted octanol–water partition coefficient (Wildman–Crippen LogP) is 2.58. The zero-order valence-electron chi connectivity index (χ0n) is 22.8. The molecule has 0 aliphatic carbocycles. The third-order valence-electron chi connectivity index (χ3n) is 7.55. The highest BCUT2D eigenvalue weighted by Gasteiger charge is 2.60. The van der Waals surface area contributed by atoms with Crippen molar-refractivity contribution in [2.24, 2.45) is 0 Å². The monoisotopic (exact) mass is 708 g/mol. The molecule has 4 aromatic rings. The lowest BCUT2D eigenvalue weighted by Crippen LogP contribution is -2.42. The first-order chi connectivity index (χ1) is 21.3. The Balaban J connectivity index is 1.19. The van der Waals surface area contributed by atoms with Gasteiger partial charge in [-0.15, -0.1) is 0 Å². The van der Waals surface area contributed by atoms with Crippen molar-refractivity contribution in [3.05, 3.63) is 25.3 Å². The summed E-state index contributed by atoms with van der Waals surface area (Å²) in [6, 6.07) is 0. The number of nitrogen functional groups attached to an aromatic ring is 2. The van der Waals surface area contributed by atoms with Crippen LogP contribution in [-0.4, -0.2) is 88.5 Å². The summed E-state index contributed by atoms with van der Waals surface area (Å²) < 4.78 is 95.8. The van der Waals surface area contributed by atoms with E-state index in [1.165, 1.54) is 21.8 Å². The minimum atomic E-state index is -4.43. The van der Waals surface area contributed by atoms with Crippen LogP contribution in [-0.2, 0) is 36.7 Å². The third kappa shape index (κ3) is 5.39. The SMILES string of the molecule is C[C@@]1(F)[C@@H]2OP(=O)(S)OC[C@H]3O[C@@H](n4cnc5c(N)ncnc54)[C@H](F)[C@@H]3O[P@](=O)(S)OC[C@H]2O[C@H]1n1cnc2c(N)ncnc21. The van der Waals surface area contributed by atoms with Gasteiger partial charge in [-0.05, 0) is 6.92 Å². The van der Waals surface area contributed by atoms with E-state index in [-0.39, 0.29) is 34.0 Å². The number of ether oxygens (including phenoxy) is 2. The van der Waals surface area contributed by atoms with Crippen molar-refractivity contribution in [3.8, 4) is 0 Å². The summed E-state index contributed by atoms with van der Waals surface area (Å²) in [5, 5.41) is 0. The largest absolute Gasteiger partial charge is 0.386 e. The Morgan fingerprint density at radius 1 is 0.867 bits per heavy atom. The molecule has 3 fully saturated rings. The van der Waals surface area contributed by atoms with Gasteiger partial charge in [0.2, 0.25) is 0 Å². The Bertz CT molecular complexity index is 1890. The van der Waals surface area contributed by atoms with Crippen molar-refractivity contribution in [2.75, 3.05) is 24.7 Å². The van der Waals surface area contributed by atoms with Crippen molar-refractivity contribution in [2.45, 2.75) is 55.6 Å². The van der Waals surface area contributed by atoms with E-state index >= 15 is 8.78 Å². The van der Waals surface area contributed by atoms with Crippen LogP contribution in [0.1, 0.15) is 19.4 Å². The van der Waals surface area contributed by atoms with Crippen LogP contribution < -0.4 is 11.5 Å². The summed E-state index contributed by atoms with van der Waals surface area (Å²) in [5.74, 6) is 0.0951. The van der Waals surface area contributed by atoms with E-state index in [4.69, 9.17) is 39.0 Å². The zero-order chi connectivity index (χ0) is 31.9. The number of anilines is 2. The van der Waals surface area contributed by atoms with E-state index in [2.05, 4.69) is 54.4 Å². The van der Waals surface area contributed by atoms with Gasteiger partial charge in [0.25, 0.3) is 0 Å². The first-order valence-corrected chi connectivity index (χ1v) is 18.5. The van der Waals surface area contributed by atoms with Gasteiger partial charge in [-0.3, -0.25) is 27.2 Å². The Morgan fingerprint density at radius 3 is 2.07 bits per heavy atom. The molecular weight excluding hydrogens is 684 g/mol. The number of aromatic nitrogens is 8. The second kappa shape index (κ2) is 11.0. The molecule has 45 heavy (non-hydrogen) atoms. The molecule has 10 atom stereocenters. The fourth-order valence-electron chi connectivity index (χ4n) is 5.48. The Labute approximate surface area is 261 Å². The molecule has 0 bridgehead atoms. The molecule has 3 aliphatic rings. The number of hydrogen-bond donors (Lipinski definition) is 4. The van der Waals surface area contributed by atoms with Gasteiger partial charge in [0.1, 0.15) is 48.1 Å². The van der Waals surface area contributed by atoms with E-state index in [0.29, 0.717) is 0 Å². The first kappa shape index (κ1) is 31.1. The number of hydrogen-bond acceptors (Lipinski definition) is 16. The minimum absolute atomic E-state index is 0.0459. The summed E-state index contributed by atoms with van der Waals surface area (Å²) >= 11 is 8.04. The molecule has 24 heteroatoms. The van der Waals surface area contributed by atoms with E-state index in [0.717, 1.165) is 19.6 Å². The molecule has 0 amide bonds. The number of nitrogens with zero attached hydrogens (tertiary/aromatic N) is 8. The molecule has 0 aromatic carbocycles.